The SMILES string of the molecule is CCCCCCCCCC[N+](C)(C)CCCCCCCCCC.CCCCCCCCCC[N+](C)(C)CCCCCCCCCC.CCCCCCCCCC[N+](C)(C)CCCCCCCCCC.CS(=O)(=O)[O-].O=S(=O)([O-])[O-]. The van der Waals surface area contributed by atoms with Gasteiger partial charge in [0.25, 0.3) is 0 Å². The van der Waals surface area contributed by atoms with E-state index in [-0.39, 0.29) is 0 Å². The lowest BCUT2D eigenvalue weighted by Gasteiger charge is -2.30. The molecule has 0 aliphatic heterocycles. The van der Waals surface area contributed by atoms with Crippen LogP contribution in [0.4, 0.5) is 0 Å². The maximum absolute atomic E-state index is 9.08. The number of nitrogens with zero attached hydrogens (tertiary/aromatic N) is 3. The zero-order valence-electron chi connectivity index (χ0n) is 56.2. The highest BCUT2D eigenvalue weighted by molar-refractivity contribution is 7.84. The Morgan fingerprint density at radius 1 is 0.215 bits per heavy atom. The molecule has 0 radical (unpaired) electrons. The molecule has 0 aromatic rings. The van der Waals surface area contributed by atoms with E-state index in [2.05, 4.69) is 83.8 Å². The summed E-state index contributed by atoms with van der Waals surface area (Å²) < 4.78 is 65.0. The van der Waals surface area contributed by atoms with Crippen LogP contribution in [0.3, 0.4) is 0 Å². The summed E-state index contributed by atoms with van der Waals surface area (Å²) in [5, 5.41) is 0. The van der Waals surface area contributed by atoms with Gasteiger partial charge in [0.1, 0.15) is 0 Å². The van der Waals surface area contributed by atoms with E-state index in [9.17, 15) is 0 Å². The summed E-state index contributed by atoms with van der Waals surface area (Å²) >= 11 is 0. The molecule has 0 aliphatic rings. The minimum Gasteiger partial charge on any atom is -0.759 e. The zero-order valence-corrected chi connectivity index (χ0v) is 57.8. The molecular formula is C67H147N3O7S2. The van der Waals surface area contributed by atoms with Gasteiger partial charge in [-0.2, -0.15) is 0 Å². The van der Waals surface area contributed by atoms with Crippen molar-refractivity contribution in [2.75, 3.05) is 87.8 Å². The first-order valence-corrected chi connectivity index (χ1v) is 37.5. The Labute approximate surface area is 499 Å². The molecule has 0 unspecified atom stereocenters. The molecule has 0 saturated carbocycles. The maximum Gasteiger partial charge on any atom is 0.0916 e. The van der Waals surface area contributed by atoms with E-state index in [1.165, 1.54) is 361 Å². The summed E-state index contributed by atoms with van der Waals surface area (Å²) in [7, 11) is 5.51. The smallest absolute Gasteiger partial charge is 0.0916 e. The maximum atomic E-state index is 9.08. The van der Waals surface area contributed by atoms with Gasteiger partial charge in [0.2, 0.25) is 0 Å². The standard InChI is InChI=1S/3C22H48N.CH4O3S.H2O4S/c3*1-5-7-9-11-13-15-17-19-21-23(3,4)22-20-18-16-14-12-10-8-6-2;2*1-5(2,3)4/h3*5-22H2,1-4H3;1H3,(H,2,3,4);(H2,1,2,3,4)/q3*+1;;/p-3. The normalized spacial score (nSPS) is 11.9. The van der Waals surface area contributed by atoms with Crippen LogP contribution in [0.2, 0.25) is 0 Å². The third-order valence-electron chi connectivity index (χ3n) is 15.7. The average Bonchev–Trinajstić information content (AvgIpc) is 3.36. The third kappa shape index (κ3) is 103. The fraction of sp³-hybridized carbons (Fsp3) is 1.00. The van der Waals surface area contributed by atoms with Crippen LogP contribution in [0.5, 0.6) is 0 Å². The van der Waals surface area contributed by atoms with Gasteiger partial charge in [-0.25, -0.2) is 8.42 Å². The highest BCUT2D eigenvalue weighted by Gasteiger charge is 2.16. The van der Waals surface area contributed by atoms with Crippen molar-refractivity contribution in [2.45, 2.75) is 350 Å². The molecule has 0 spiro atoms. The molecule has 0 fully saturated rings. The van der Waals surface area contributed by atoms with Crippen molar-refractivity contribution < 1.29 is 43.9 Å². The topological polar surface area (TPSA) is 137 Å². The number of rotatable bonds is 54. The Bertz CT molecular complexity index is 1140. The van der Waals surface area contributed by atoms with Crippen LogP contribution < -0.4 is 0 Å². The molecule has 0 aliphatic carbocycles. The highest BCUT2D eigenvalue weighted by Crippen LogP contribution is 2.17. The monoisotopic (exact) mass is 1170 g/mol. The lowest BCUT2D eigenvalue weighted by molar-refractivity contribution is -0.890. The predicted molar refractivity (Wildman–Crippen MR) is 347 cm³/mol. The van der Waals surface area contributed by atoms with Crippen molar-refractivity contribution in [1.82, 2.24) is 0 Å². The molecule has 10 nitrogen and oxygen atoms in total. The summed E-state index contributed by atoms with van der Waals surface area (Å²) in [6.45, 7) is 22.1. The average molecular weight is 1170 g/mol. The first kappa shape index (κ1) is 87.4. The summed E-state index contributed by atoms with van der Waals surface area (Å²) in [6, 6.07) is 0. The quantitative estimate of drug-likeness (QED) is 0.0256. The number of hydrogen-bond acceptors (Lipinski definition) is 7. The van der Waals surface area contributed by atoms with Crippen LogP contribution >= 0.6 is 0 Å². The fourth-order valence-electron chi connectivity index (χ4n) is 10.4. The van der Waals surface area contributed by atoms with E-state index in [0.717, 1.165) is 0 Å². The largest absolute Gasteiger partial charge is 0.759 e. The van der Waals surface area contributed by atoms with Crippen LogP contribution in [0.25, 0.3) is 0 Å². The predicted octanol–water partition coefficient (Wildman–Crippen LogP) is 19.9. The summed E-state index contributed by atoms with van der Waals surface area (Å²) in [6.07, 6.45) is 69.7. The Balaban J connectivity index is -0.000000317. The summed E-state index contributed by atoms with van der Waals surface area (Å²) in [5.74, 6) is 0. The molecule has 0 heterocycles. The van der Waals surface area contributed by atoms with Gasteiger partial charge in [-0.05, 0) is 77.0 Å². The minimum absolute atomic E-state index is 0.604. The molecule has 79 heavy (non-hydrogen) atoms. The van der Waals surface area contributed by atoms with Crippen molar-refractivity contribution in [2.24, 2.45) is 0 Å². The van der Waals surface area contributed by atoms with Gasteiger partial charge in [-0.3, -0.25) is 8.42 Å². The van der Waals surface area contributed by atoms with Crippen molar-refractivity contribution in [1.29, 1.82) is 0 Å². The van der Waals surface area contributed by atoms with Gasteiger partial charge in [-0.1, -0.05) is 273 Å². The van der Waals surface area contributed by atoms with Crippen molar-refractivity contribution in [3.8, 4) is 0 Å². The summed E-state index contributed by atoms with van der Waals surface area (Å²) in [5.41, 5.74) is 0. The molecule has 0 rings (SSSR count). The second kappa shape index (κ2) is 65.2. The summed E-state index contributed by atoms with van der Waals surface area (Å²) in [4.78, 5) is 0. The third-order valence-corrected chi connectivity index (χ3v) is 15.7. The number of quaternary nitrogens is 3. The molecule has 0 amide bonds. The van der Waals surface area contributed by atoms with E-state index < -0.39 is 20.5 Å². The zero-order chi connectivity index (χ0) is 60.7. The number of hydrogen-bond donors (Lipinski definition) is 0. The van der Waals surface area contributed by atoms with Gasteiger partial charge in [0.05, 0.1) is 91.7 Å². The Morgan fingerprint density at radius 3 is 0.380 bits per heavy atom. The molecular weight excluding hydrogens is 1020 g/mol. The second-order valence-electron chi connectivity index (χ2n) is 26.1. The van der Waals surface area contributed by atoms with Gasteiger partial charge in [-0.15, -0.1) is 0 Å². The van der Waals surface area contributed by atoms with Crippen LogP contribution in [0.15, 0.2) is 0 Å². The lowest BCUT2D eigenvalue weighted by atomic mass is 10.1. The van der Waals surface area contributed by atoms with Gasteiger partial charge in [0, 0.05) is 16.7 Å². The van der Waals surface area contributed by atoms with Crippen LogP contribution in [0.1, 0.15) is 350 Å². The van der Waals surface area contributed by atoms with Crippen molar-refractivity contribution in [3.05, 3.63) is 0 Å². The molecule has 0 saturated heterocycles. The molecule has 0 aromatic carbocycles. The Morgan fingerprint density at radius 2 is 0.291 bits per heavy atom. The first-order chi connectivity index (χ1) is 37.4. The van der Waals surface area contributed by atoms with Crippen LogP contribution in [-0.4, -0.2) is 132 Å². The van der Waals surface area contributed by atoms with Crippen LogP contribution in [-0.2, 0) is 20.5 Å². The Hall–Kier alpha value is -0.340. The molecule has 12 heteroatoms. The van der Waals surface area contributed by atoms with Gasteiger partial charge < -0.3 is 27.1 Å². The fourth-order valence-corrected chi connectivity index (χ4v) is 10.4. The van der Waals surface area contributed by atoms with E-state index in [1.807, 2.05) is 0 Å². The minimum atomic E-state index is -5.17. The van der Waals surface area contributed by atoms with E-state index in [0.29, 0.717) is 6.26 Å². The molecule has 0 aromatic heterocycles. The van der Waals surface area contributed by atoms with Gasteiger partial charge >= 0.3 is 0 Å². The lowest BCUT2D eigenvalue weighted by Crippen LogP contribution is -2.41. The van der Waals surface area contributed by atoms with Gasteiger partial charge in [0.15, 0.2) is 0 Å². The van der Waals surface area contributed by atoms with E-state index in [1.54, 1.807) is 0 Å². The molecule has 484 valence electrons. The molecule has 0 N–H and O–H groups in total. The first-order valence-electron chi connectivity index (χ1n) is 34.4. The highest BCUT2D eigenvalue weighted by atomic mass is 32.3. The van der Waals surface area contributed by atoms with E-state index >= 15 is 0 Å². The molecule has 0 atom stereocenters. The second-order valence-corrected chi connectivity index (χ2v) is 28.3. The van der Waals surface area contributed by atoms with Crippen LogP contribution in [0, 0.1) is 0 Å². The van der Waals surface area contributed by atoms with Crippen molar-refractivity contribution >= 4 is 20.5 Å². The Kier molecular flexibility index (Phi) is 72.2. The number of unbranched alkanes of at least 4 members (excludes halogenated alkanes) is 42. The van der Waals surface area contributed by atoms with E-state index in [4.69, 9.17) is 30.5 Å². The molecule has 0 bridgehead atoms. The van der Waals surface area contributed by atoms with Crippen molar-refractivity contribution in [3.63, 3.8) is 0 Å².